The molecule has 2 amide bonds. The van der Waals surface area contributed by atoms with Crippen LogP contribution in [0.15, 0.2) is 60.8 Å². The molecule has 146 valence electrons. The zero-order valence-electron chi connectivity index (χ0n) is 15.9. The van der Waals surface area contributed by atoms with Gasteiger partial charge in [0.05, 0.1) is 18.8 Å². The molecule has 7 heteroatoms. The minimum absolute atomic E-state index is 0.0701. The Labute approximate surface area is 167 Å². The summed E-state index contributed by atoms with van der Waals surface area (Å²) in [6.45, 7) is 0.493. The molecular formula is C22H20N4O3. The highest BCUT2D eigenvalue weighted by molar-refractivity contribution is 6.06. The predicted molar refractivity (Wildman–Crippen MR) is 108 cm³/mol. The van der Waals surface area contributed by atoms with Gasteiger partial charge in [-0.1, -0.05) is 36.4 Å². The third-order valence-electron chi connectivity index (χ3n) is 5.70. The number of aromatic amines is 1. The molecule has 0 unspecified atom stereocenters. The quantitative estimate of drug-likeness (QED) is 0.745. The van der Waals surface area contributed by atoms with Crippen molar-refractivity contribution in [1.82, 2.24) is 15.1 Å². The Morgan fingerprint density at radius 3 is 2.66 bits per heavy atom. The number of likely N-dealkylation sites (tertiary alicyclic amines) is 1. The SMILES string of the molecule is COc1ccc(-c2ccccc2)cc1N1C(=O)[C@@H]2C[C@H]1CN2C(=O)c1ccn[nH]1. The number of amides is 2. The number of carbonyl (C=O) groups is 2. The first kappa shape index (κ1) is 17.5. The van der Waals surface area contributed by atoms with Gasteiger partial charge >= 0.3 is 0 Å². The maximum Gasteiger partial charge on any atom is 0.272 e. The lowest BCUT2D eigenvalue weighted by molar-refractivity contribution is -0.121. The number of nitrogens with one attached hydrogen (secondary N) is 1. The Bertz CT molecular complexity index is 1060. The summed E-state index contributed by atoms with van der Waals surface area (Å²) in [6.07, 6.45) is 2.16. The van der Waals surface area contributed by atoms with Crippen molar-refractivity contribution in [2.45, 2.75) is 18.5 Å². The molecule has 1 N–H and O–H groups in total. The van der Waals surface area contributed by atoms with Crippen molar-refractivity contribution in [3.8, 4) is 16.9 Å². The summed E-state index contributed by atoms with van der Waals surface area (Å²) < 4.78 is 5.55. The van der Waals surface area contributed by atoms with E-state index in [0.29, 0.717) is 24.4 Å². The number of hydrogen-bond acceptors (Lipinski definition) is 4. The van der Waals surface area contributed by atoms with E-state index in [-0.39, 0.29) is 17.9 Å². The van der Waals surface area contributed by atoms with Crippen LogP contribution in [-0.4, -0.2) is 52.6 Å². The van der Waals surface area contributed by atoms with Gasteiger partial charge in [0.25, 0.3) is 5.91 Å². The van der Waals surface area contributed by atoms with Crippen LogP contribution in [0.5, 0.6) is 5.75 Å². The Morgan fingerprint density at radius 1 is 1.14 bits per heavy atom. The van der Waals surface area contributed by atoms with Crippen LogP contribution in [0.1, 0.15) is 16.9 Å². The summed E-state index contributed by atoms with van der Waals surface area (Å²) in [5, 5.41) is 6.52. The van der Waals surface area contributed by atoms with E-state index in [9.17, 15) is 9.59 Å². The maximum atomic E-state index is 13.2. The fourth-order valence-electron chi connectivity index (χ4n) is 4.33. The molecule has 0 spiro atoms. The summed E-state index contributed by atoms with van der Waals surface area (Å²) in [5.41, 5.74) is 3.24. The molecule has 2 aromatic carbocycles. The van der Waals surface area contributed by atoms with E-state index in [2.05, 4.69) is 10.2 Å². The van der Waals surface area contributed by atoms with Crippen LogP contribution >= 0.6 is 0 Å². The molecule has 2 aliphatic rings. The number of rotatable bonds is 4. The van der Waals surface area contributed by atoms with Crippen LogP contribution in [0, 0.1) is 0 Å². The number of benzene rings is 2. The largest absolute Gasteiger partial charge is 0.495 e. The third kappa shape index (κ3) is 2.77. The predicted octanol–water partition coefficient (Wildman–Crippen LogP) is 2.72. The van der Waals surface area contributed by atoms with Crippen LogP contribution in [-0.2, 0) is 4.79 Å². The average molecular weight is 388 g/mol. The Balaban J connectivity index is 1.47. The minimum atomic E-state index is -0.458. The second-order valence-corrected chi connectivity index (χ2v) is 7.29. The van der Waals surface area contributed by atoms with Crippen molar-refractivity contribution in [2.75, 3.05) is 18.6 Å². The van der Waals surface area contributed by atoms with Gasteiger partial charge in [-0.15, -0.1) is 0 Å². The number of carbonyl (C=O) groups excluding carboxylic acids is 2. The van der Waals surface area contributed by atoms with Gasteiger partial charge in [-0.05, 0) is 35.7 Å². The van der Waals surface area contributed by atoms with Crippen molar-refractivity contribution in [3.05, 3.63) is 66.5 Å². The average Bonchev–Trinajstić information content (AvgIpc) is 3.50. The van der Waals surface area contributed by atoms with E-state index in [1.165, 1.54) is 6.20 Å². The molecule has 1 aromatic heterocycles. The van der Waals surface area contributed by atoms with Crippen molar-refractivity contribution >= 4 is 17.5 Å². The lowest BCUT2D eigenvalue weighted by Gasteiger charge is -2.34. The topological polar surface area (TPSA) is 78.5 Å². The molecule has 0 aliphatic carbocycles. The van der Waals surface area contributed by atoms with Crippen molar-refractivity contribution in [3.63, 3.8) is 0 Å². The summed E-state index contributed by atoms with van der Waals surface area (Å²) in [4.78, 5) is 29.4. The number of H-pyrrole nitrogens is 1. The van der Waals surface area contributed by atoms with Crippen molar-refractivity contribution in [2.24, 2.45) is 0 Å². The van der Waals surface area contributed by atoms with Gasteiger partial charge in [0.1, 0.15) is 17.5 Å². The standard InChI is InChI=1S/C22H20N4O3/c1-29-20-8-7-15(14-5-3-2-4-6-14)11-18(20)26-16-12-19(22(26)28)25(13-16)21(27)17-9-10-23-24-17/h2-11,16,19H,12-13H2,1H3,(H,23,24)/t16-,19-/m0/s1. The number of fused-ring (bicyclic) bond motifs is 2. The first-order valence-corrected chi connectivity index (χ1v) is 9.54. The molecule has 2 saturated heterocycles. The van der Waals surface area contributed by atoms with E-state index < -0.39 is 6.04 Å². The van der Waals surface area contributed by atoms with Gasteiger partial charge in [-0.3, -0.25) is 14.7 Å². The van der Waals surface area contributed by atoms with Gasteiger partial charge in [0, 0.05) is 12.7 Å². The number of aromatic nitrogens is 2. The zero-order chi connectivity index (χ0) is 20.0. The fourth-order valence-corrected chi connectivity index (χ4v) is 4.33. The Morgan fingerprint density at radius 2 is 1.97 bits per heavy atom. The molecule has 2 atom stereocenters. The number of ether oxygens (including phenoxy) is 1. The van der Waals surface area contributed by atoms with Crippen LogP contribution in [0.4, 0.5) is 5.69 Å². The van der Waals surface area contributed by atoms with E-state index in [1.807, 2.05) is 48.5 Å². The molecule has 2 bridgehead atoms. The molecule has 0 saturated carbocycles. The zero-order valence-corrected chi connectivity index (χ0v) is 15.9. The van der Waals surface area contributed by atoms with Crippen LogP contribution in [0.2, 0.25) is 0 Å². The van der Waals surface area contributed by atoms with Gasteiger partial charge in [-0.2, -0.15) is 5.10 Å². The van der Waals surface area contributed by atoms with Gasteiger partial charge in [-0.25, -0.2) is 0 Å². The monoisotopic (exact) mass is 388 g/mol. The van der Waals surface area contributed by atoms with Gasteiger partial charge in [0.15, 0.2) is 0 Å². The van der Waals surface area contributed by atoms with Crippen molar-refractivity contribution < 1.29 is 14.3 Å². The molecule has 7 nitrogen and oxygen atoms in total. The maximum absolute atomic E-state index is 13.2. The normalized spacial score (nSPS) is 20.4. The summed E-state index contributed by atoms with van der Waals surface area (Å²) >= 11 is 0. The third-order valence-corrected chi connectivity index (χ3v) is 5.70. The molecule has 3 heterocycles. The lowest BCUT2D eigenvalue weighted by Crippen LogP contribution is -2.52. The Kier molecular flexibility index (Phi) is 4.08. The number of methoxy groups -OCH3 is 1. The molecule has 2 fully saturated rings. The van der Waals surface area contributed by atoms with Crippen LogP contribution < -0.4 is 9.64 Å². The lowest BCUT2D eigenvalue weighted by atomic mass is 10.0. The Hall–Kier alpha value is -3.61. The number of anilines is 1. The van der Waals surface area contributed by atoms with Crippen LogP contribution in [0.25, 0.3) is 11.1 Å². The van der Waals surface area contributed by atoms with Crippen molar-refractivity contribution in [1.29, 1.82) is 0 Å². The first-order chi connectivity index (χ1) is 14.2. The highest BCUT2D eigenvalue weighted by Crippen LogP contribution is 2.42. The molecule has 29 heavy (non-hydrogen) atoms. The molecule has 3 aromatic rings. The van der Waals surface area contributed by atoms with E-state index in [1.54, 1.807) is 23.0 Å². The second kappa shape index (κ2) is 6.77. The van der Waals surface area contributed by atoms with E-state index in [0.717, 1.165) is 16.8 Å². The van der Waals surface area contributed by atoms with Crippen LogP contribution in [0.3, 0.4) is 0 Å². The summed E-state index contributed by atoms with van der Waals surface area (Å²) in [6, 6.07) is 17.0. The van der Waals surface area contributed by atoms with E-state index >= 15 is 0 Å². The summed E-state index contributed by atoms with van der Waals surface area (Å²) in [7, 11) is 1.61. The molecular weight excluding hydrogens is 368 g/mol. The van der Waals surface area contributed by atoms with Gasteiger partial charge in [0.2, 0.25) is 5.91 Å². The number of nitrogens with zero attached hydrogens (tertiary/aromatic N) is 3. The summed E-state index contributed by atoms with van der Waals surface area (Å²) in [5.74, 6) is 0.391. The number of piperazine rings is 1. The van der Waals surface area contributed by atoms with Gasteiger partial charge < -0.3 is 14.5 Å². The molecule has 5 rings (SSSR count). The highest BCUT2D eigenvalue weighted by Gasteiger charge is 2.52. The smallest absolute Gasteiger partial charge is 0.272 e. The fraction of sp³-hybridized carbons (Fsp3) is 0.227. The highest BCUT2D eigenvalue weighted by atomic mass is 16.5. The first-order valence-electron chi connectivity index (χ1n) is 9.54. The second-order valence-electron chi connectivity index (χ2n) is 7.29. The molecule has 0 radical (unpaired) electrons. The van der Waals surface area contributed by atoms with E-state index in [4.69, 9.17) is 4.74 Å². The molecule has 2 aliphatic heterocycles. The number of hydrogen-bond donors (Lipinski definition) is 1. The minimum Gasteiger partial charge on any atom is -0.495 e.